The summed E-state index contributed by atoms with van der Waals surface area (Å²) in [6.45, 7) is 10.2. The number of alkyl carbamates (subject to hydrolysis) is 1. The Morgan fingerprint density at radius 1 is 1.14 bits per heavy atom. The van der Waals surface area contributed by atoms with Crippen molar-refractivity contribution in [2.24, 2.45) is 22.5 Å². The Labute approximate surface area is 263 Å². The van der Waals surface area contributed by atoms with Crippen molar-refractivity contribution in [3.05, 3.63) is 29.8 Å². The van der Waals surface area contributed by atoms with Gasteiger partial charge in [-0.25, -0.2) is 4.79 Å². The topological polar surface area (TPSA) is 137 Å². The zero-order valence-corrected chi connectivity index (χ0v) is 27.5. The van der Waals surface area contributed by atoms with Gasteiger partial charge in [-0.15, -0.1) is 24.8 Å². The number of anilines is 1. The van der Waals surface area contributed by atoms with Crippen molar-refractivity contribution in [3.8, 4) is 0 Å². The zero-order valence-electron chi connectivity index (χ0n) is 25.9. The number of rotatable bonds is 10. The zero-order chi connectivity index (χ0) is 29.7. The van der Waals surface area contributed by atoms with Gasteiger partial charge in [-0.05, 0) is 62.2 Å². The lowest BCUT2D eigenvalue weighted by Gasteiger charge is -2.39. The van der Waals surface area contributed by atoms with Crippen molar-refractivity contribution >= 4 is 48.4 Å². The number of aliphatic hydroxyl groups excluding tert-OH is 1. The summed E-state index contributed by atoms with van der Waals surface area (Å²) in [5.74, 6) is 0.0970. The number of carbonyl (C=O) groups is 3. The highest BCUT2D eigenvalue weighted by Gasteiger charge is 2.39. The Kier molecular flexibility index (Phi) is 14.5. The molecule has 1 saturated heterocycles. The molecular weight excluding hydrogens is 581 g/mol. The van der Waals surface area contributed by atoms with Crippen LogP contribution >= 0.6 is 24.8 Å². The third kappa shape index (κ3) is 9.98. The highest BCUT2D eigenvalue weighted by molar-refractivity contribution is 5.95. The Hall–Kier alpha value is -2.11. The molecule has 1 aromatic rings. The average molecular weight is 633 g/mol. The van der Waals surface area contributed by atoms with Crippen molar-refractivity contribution in [3.63, 3.8) is 0 Å². The molecule has 10 nitrogen and oxygen atoms in total. The molecule has 0 saturated carbocycles. The number of benzene rings is 1. The predicted octanol–water partition coefficient (Wildman–Crippen LogP) is 3.12. The van der Waals surface area contributed by atoms with Crippen molar-refractivity contribution in [2.45, 2.75) is 78.0 Å². The van der Waals surface area contributed by atoms with Crippen LogP contribution in [-0.2, 0) is 20.7 Å². The van der Waals surface area contributed by atoms with Crippen LogP contribution in [0.3, 0.4) is 0 Å². The highest BCUT2D eigenvalue weighted by atomic mass is 35.5. The van der Waals surface area contributed by atoms with E-state index in [2.05, 4.69) is 22.6 Å². The number of fused-ring (bicyclic) bond motifs is 1. The minimum atomic E-state index is -0.937. The molecule has 240 valence electrons. The average Bonchev–Trinajstić information content (AvgIpc) is 2.90. The Morgan fingerprint density at radius 3 is 2.45 bits per heavy atom. The quantitative estimate of drug-likeness (QED) is 0.311. The van der Waals surface area contributed by atoms with Gasteiger partial charge in [-0.3, -0.25) is 9.59 Å². The number of hydrogen-bond donors (Lipinski definition) is 4. The standard InChI is InChI=1S/C30H49N5O5.2ClH/c1-29(2,15-23(31)25(36)17-32-27(38)30(3,4)21-11-9-13-34(5)18-21)16-26(37)35-19-22(33-28(39)40-6)14-20-10-7-8-12-24(20)35;;/h7-8,10,12,21-23,25,36H,9,11,13-19,31H2,1-6H3,(H,32,38)(H,33,39);2*1H/t21?,22?,23-,25-;;/m0../s1. The number of piperidine rings is 1. The molecule has 0 spiro atoms. The van der Waals surface area contributed by atoms with E-state index in [1.807, 2.05) is 52.0 Å². The third-order valence-electron chi connectivity index (χ3n) is 8.57. The summed E-state index contributed by atoms with van der Waals surface area (Å²) >= 11 is 0. The fourth-order valence-corrected chi connectivity index (χ4v) is 6.02. The number of hydrogen-bond acceptors (Lipinski definition) is 7. The van der Waals surface area contributed by atoms with Crippen LogP contribution in [-0.4, -0.2) is 86.4 Å². The van der Waals surface area contributed by atoms with Crippen LogP contribution in [0.25, 0.3) is 0 Å². The molecule has 1 fully saturated rings. The lowest BCUT2D eigenvalue weighted by Crippen LogP contribution is -2.52. The number of para-hydroxylation sites is 1. The molecule has 4 atom stereocenters. The number of halogens is 2. The maximum Gasteiger partial charge on any atom is 0.407 e. The second-order valence-electron chi connectivity index (χ2n) is 13.0. The van der Waals surface area contributed by atoms with Gasteiger partial charge in [0.2, 0.25) is 11.8 Å². The summed E-state index contributed by atoms with van der Waals surface area (Å²) < 4.78 is 4.75. The first-order valence-corrected chi connectivity index (χ1v) is 14.4. The SMILES string of the molecule is COC(=O)NC1Cc2ccccc2N(C(=O)CC(C)(C)C[C@H](N)[C@@H](O)CNC(=O)C(C)(C)C2CCCN(C)C2)C1.Cl.Cl. The van der Waals surface area contributed by atoms with E-state index in [9.17, 15) is 19.5 Å². The van der Waals surface area contributed by atoms with Gasteiger partial charge in [0.15, 0.2) is 0 Å². The van der Waals surface area contributed by atoms with E-state index in [1.54, 1.807) is 4.90 Å². The van der Waals surface area contributed by atoms with Gasteiger partial charge in [0.1, 0.15) is 0 Å². The lowest BCUT2D eigenvalue weighted by atomic mass is 9.74. The lowest BCUT2D eigenvalue weighted by molar-refractivity contribution is -0.133. The first-order valence-electron chi connectivity index (χ1n) is 14.4. The van der Waals surface area contributed by atoms with Gasteiger partial charge in [-0.2, -0.15) is 0 Å². The van der Waals surface area contributed by atoms with Crippen molar-refractivity contribution in [1.82, 2.24) is 15.5 Å². The van der Waals surface area contributed by atoms with Crippen molar-refractivity contribution in [2.75, 3.05) is 45.2 Å². The molecule has 2 heterocycles. The van der Waals surface area contributed by atoms with Gasteiger partial charge >= 0.3 is 6.09 Å². The van der Waals surface area contributed by atoms with Crippen LogP contribution in [0, 0.1) is 16.7 Å². The van der Waals surface area contributed by atoms with E-state index in [0.29, 0.717) is 19.4 Å². The maximum atomic E-state index is 13.5. The summed E-state index contributed by atoms with van der Waals surface area (Å²) in [5, 5.41) is 16.5. The van der Waals surface area contributed by atoms with Gasteiger partial charge in [0.25, 0.3) is 0 Å². The fraction of sp³-hybridized carbons (Fsp3) is 0.700. The summed E-state index contributed by atoms with van der Waals surface area (Å²) in [6, 6.07) is 6.81. The van der Waals surface area contributed by atoms with E-state index >= 15 is 0 Å². The second kappa shape index (κ2) is 16.1. The molecule has 0 radical (unpaired) electrons. The van der Waals surface area contributed by atoms with Gasteiger partial charge in [0.05, 0.1) is 19.3 Å². The van der Waals surface area contributed by atoms with E-state index < -0.39 is 29.1 Å². The van der Waals surface area contributed by atoms with E-state index in [-0.39, 0.29) is 61.6 Å². The number of nitrogens with zero attached hydrogens (tertiary/aromatic N) is 2. The molecule has 1 aromatic carbocycles. The van der Waals surface area contributed by atoms with Crippen LogP contribution in [0.2, 0.25) is 0 Å². The molecule has 0 bridgehead atoms. The molecule has 3 rings (SSSR count). The fourth-order valence-electron chi connectivity index (χ4n) is 6.02. The number of ether oxygens (including phenoxy) is 1. The van der Waals surface area contributed by atoms with Gasteiger partial charge in [-0.1, -0.05) is 45.9 Å². The van der Waals surface area contributed by atoms with E-state index in [1.165, 1.54) is 7.11 Å². The predicted molar refractivity (Wildman–Crippen MR) is 170 cm³/mol. The van der Waals surface area contributed by atoms with Crippen LogP contribution in [0.5, 0.6) is 0 Å². The first-order chi connectivity index (χ1) is 18.7. The molecule has 42 heavy (non-hydrogen) atoms. The summed E-state index contributed by atoms with van der Waals surface area (Å²) in [7, 11) is 3.40. The maximum absolute atomic E-state index is 13.5. The van der Waals surface area contributed by atoms with Gasteiger partial charge in [0, 0.05) is 43.2 Å². The number of nitrogens with two attached hydrogens (primary N) is 1. The van der Waals surface area contributed by atoms with Crippen molar-refractivity contribution in [1.29, 1.82) is 0 Å². The minimum absolute atomic E-state index is 0. The molecule has 2 unspecified atom stereocenters. The van der Waals surface area contributed by atoms with Crippen molar-refractivity contribution < 1.29 is 24.2 Å². The number of nitrogens with one attached hydrogen (secondary N) is 2. The Balaban J connectivity index is 0.00000441. The number of likely N-dealkylation sites (tertiary alicyclic amines) is 1. The minimum Gasteiger partial charge on any atom is -0.453 e. The molecule has 0 aliphatic carbocycles. The largest absolute Gasteiger partial charge is 0.453 e. The molecule has 5 N–H and O–H groups in total. The van der Waals surface area contributed by atoms with E-state index in [4.69, 9.17) is 10.5 Å². The summed E-state index contributed by atoms with van der Waals surface area (Å²) in [4.78, 5) is 42.4. The smallest absolute Gasteiger partial charge is 0.407 e. The molecule has 3 amide bonds. The molecule has 12 heteroatoms. The third-order valence-corrected chi connectivity index (χ3v) is 8.57. The highest BCUT2D eigenvalue weighted by Crippen LogP contribution is 2.35. The van der Waals surface area contributed by atoms with Gasteiger partial charge < -0.3 is 36.0 Å². The van der Waals surface area contributed by atoms with Crippen LogP contribution in [0.15, 0.2) is 24.3 Å². The second-order valence-corrected chi connectivity index (χ2v) is 13.0. The van der Waals surface area contributed by atoms with Crippen LogP contribution < -0.4 is 21.3 Å². The monoisotopic (exact) mass is 631 g/mol. The Bertz CT molecular complexity index is 1060. The molecular formula is C30H51Cl2N5O5. The molecule has 0 aromatic heterocycles. The number of carbonyl (C=O) groups excluding carboxylic acids is 3. The Morgan fingerprint density at radius 2 is 1.81 bits per heavy atom. The van der Waals surface area contributed by atoms with Crippen LogP contribution in [0.4, 0.5) is 10.5 Å². The summed E-state index contributed by atoms with van der Waals surface area (Å²) in [6.07, 6.45) is 1.83. The van der Waals surface area contributed by atoms with E-state index in [0.717, 1.165) is 37.2 Å². The summed E-state index contributed by atoms with van der Waals surface area (Å²) in [5.41, 5.74) is 7.15. The number of aliphatic hydroxyl groups is 1. The number of amides is 3. The number of methoxy groups -OCH3 is 1. The first kappa shape index (κ1) is 37.9. The molecule has 2 aliphatic rings. The van der Waals surface area contributed by atoms with Crippen LogP contribution in [0.1, 0.15) is 58.9 Å². The molecule has 2 aliphatic heterocycles. The normalized spacial score (nSPS) is 20.6.